The summed E-state index contributed by atoms with van der Waals surface area (Å²) in [6.45, 7) is 0.312. The van der Waals surface area contributed by atoms with Crippen molar-refractivity contribution in [2.24, 2.45) is 5.73 Å². The van der Waals surface area contributed by atoms with Crippen molar-refractivity contribution in [2.45, 2.75) is 6.54 Å². The van der Waals surface area contributed by atoms with E-state index in [9.17, 15) is 4.79 Å². The molecule has 1 aromatic rings. The fraction of sp³-hybridized carbons (Fsp3) is 0.444. The zero-order valence-electron chi connectivity index (χ0n) is 9.03. The van der Waals surface area contributed by atoms with Crippen LogP contribution in [0.5, 0.6) is 0 Å². The molecule has 6 heteroatoms. The number of carbonyl (C=O) groups excluding carboxylic acids is 1. The Morgan fingerprint density at radius 3 is 2.47 bits per heavy atom. The lowest BCUT2D eigenvalue weighted by Gasteiger charge is -2.11. The molecule has 84 valence electrons. The molecule has 0 aliphatic rings. The predicted octanol–water partition coefficient (Wildman–Crippen LogP) is 0.642. The van der Waals surface area contributed by atoms with Gasteiger partial charge < -0.3 is 21.1 Å². The molecule has 1 heterocycles. The molecule has 0 amide bonds. The van der Waals surface area contributed by atoms with Gasteiger partial charge in [-0.3, -0.25) is 0 Å². The highest BCUT2D eigenvalue weighted by Gasteiger charge is 2.21. The molecule has 0 saturated heterocycles. The summed E-state index contributed by atoms with van der Waals surface area (Å²) in [6, 6.07) is 0. The van der Waals surface area contributed by atoms with Crippen molar-refractivity contribution in [1.82, 2.24) is 0 Å². The number of thiophene rings is 1. The van der Waals surface area contributed by atoms with Crippen molar-refractivity contribution in [1.29, 1.82) is 0 Å². The van der Waals surface area contributed by atoms with Crippen LogP contribution < -0.4 is 16.4 Å². The number of hydrogen-bond donors (Lipinski definition) is 2. The smallest absolute Gasteiger partial charge is 0.350 e. The summed E-state index contributed by atoms with van der Waals surface area (Å²) in [5, 5.41) is 0.899. The Kier molecular flexibility index (Phi) is 3.54. The van der Waals surface area contributed by atoms with Crippen molar-refractivity contribution < 1.29 is 9.53 Å². The molecule has 5 nitrogen and oxygen atoms in total. The highest BCUT2D eigenvalue weighted by Crippen LogP contribution is 2.37. The van der Waals surface area contributed by atoms with Crippen molar-refractivity contribution in [3.05, 3.63) is 10.4 Å². The van der Waals surface area contributed by atoms with E-state index in [-0.39, 0.29) is 0 Å². The van der Waals surface area contributed by atoms with Crippen LogP contribution >= 0.6 is 11.3 Å². The number of anilines is 2. The lowest BCUT2D eigenvalue weighted by Crippen LogP contribution is -2.11. The molecule has 0 bridgehead atoms. The molecule has 4 N–H and O–H groups in total. The standard InChI is InChI=1S/C9H15N3O2S/c1-12(2)8-5(4-10)6(11)7(15-8)9(13)14-3/h4,10-11H2,1-3H3. The maximum Gasteiger partial charge on any atom is 0.350 e. The minimum atomic E-state index is -0.416. The van der Waals surface area contributed by atoms with Crippen molar-refractivity contribution in [3.63, 3.8) is 0 Å². The van der Waals surface area contributed by atoms with Gasteiger partial charge in [0.05, 0.1) is 17.8 Å². The van der Waals surface area contributed by atoms with Crippen molar-refractivity contribution >= 4 is 28.0 Å². The van der Waals surface area contributed by atoms with Gasteiger partial charge in [-0.15, -0.1) is 11.3 Å². The summed E-state index contributed by atoms with van der Waals surface area (Å²) in [4.78, 5) is 13.7. The lowest BCUT2D eigenvalue weighted by atomic mass is 10.2. The van der Waals surface area contributed by atoms with Crippen LogP contribution in [0.1, 0.15) is 15.2 Å². The molecule has 1 aromatic heterocycles. The second-order valence-electron chi connectivity index (χ2n) is 3.22. The number of carbonyl (C=O) groups is 1. The number of hydrogen-bond acceptors (Lipinski definition) is 6. The second-order valence-corrected chi connectivity index (χ2v) is 4.22. The normalized spacial score (nSPS) is 10.1. The van der Waals surface area contributed by atoms with Crippen molar-refractivity contribution in [2.75, 3.05) is 31.8 Å². The molecular weight excluding hydrogens is 214 g/mol. The Bertz CT molecular complexity index is 374. The molecule has 1 rings (SSSR count). The van der Waals surface area contributed by atoms with E-state index in [0.717, 1.165) is 10.6 Å². The van der Waals surface area contributed by atoms with Crippen LogP contribution in [-0.2, 0) is 11.3 Å². The zero-order valence-corrected chi connectivity index (χ0v) is 9.85. The molecule has 0 saturated carbocycles. The van der Waals surface area contributed by atoms with Gasteiger partial charge in [0.15, 0.2) is 0 Å². The monoisotopic (exact) mass is 229 g/mol. The lowest BCUT2D eigenvalue weighted by molar-refractivity contribution is 0.0607. The average molecular weight is 229 g/mol. The summed E-state index contributed by atoms with van der Waals surface area (Å²) >= 11 is 1.30. The maximum atomic E-state index is 11.4. The van der Waals surface area contributed by atoms with Crippen LogP contribution in [0.25, 0.3) is 0 Å². The third kappa shape index (κ3) is 2.05. The highest BCUT2D eigenvalue weighted by molar-refractivity contribution is 7.18. The number of methoxy groups -OCH3 is 1. The Labute approximate surface area is 92.6 Å². The molecule has 0 spiro atoms. The molecule has 0 aliphatic carbocycles. The largest absolute Gasteiger partial charge is 0.465 e. The number of nitrogen functional groups attached to an aromatic ring is 1. The SMILES string of the molecule is COC(=O)c1sc(N(C)C)c(CN)c1N. The van der Waals surface area contributed by atoms with E-state index in [0.29, 0.717) is 17.1 Å². The van der Waals surface area contributed by atoms with E-state index in [1.165, 1.54) is 18.4 Å². The van der Waals surface area contributed by atoms with E-state index in [4.69, 9.17) is 11.5 Å². The number of ether oxygens (including phenoxy) is 1. The number of esters is 1. The first kappa shape index (κ1) is 11.8. The van der Waals surface area contributed by atoms with Crippen LogP contribution in [0.3, 0.4) is 0 Å². The minimum Gasteiger partial charge on any atom is -0.465 e. The average Bonchev–Trinajstić information content (AvgIpc) is 2.54. The summed E-state index contributed by atoms with van der Waals surface area (Å²) in [5.41, 5.74) is 12.6. The van der Waals surface area contributed by atoms with Gasteiger partial charge in [-0.1, -0.05) is 0 Å². The van der Waals surface area contributed by atoms with Crippen LogP contribution in [0.4, 0.5) is 10.7 Å². The molecule has 0 aromatic carbocycles. The molecule has 0 fully saturated rings. The van der Waals surface area contributed by atoms with Gasteiger partial charge in [-0.2, -0.15) is 0 Å². The van der Waals surface area contributed by atoms with E-state index < -0.39 is 5.97 Å². The van der Waals surface area contributed by atoms with Crippen LogP contribution in [0, 0.1) is 0 Å². The van der Waals surface area contributed by atoms with E-state index >= 15 is 0 Å². The van der Waals surface area contributed by atoms with Gasteiger partial charge in [-0.25, -0.2) is 4.79 Å². The number of rotatable bonds is 3. The first-order chi connectivity index (χ1) is 7.02. The van der Waals surface area contributed by atoms with Crippen LogP contribution in [-0.4, -0.2) is 27.2 Å². The van der Waals surface area contributed by atoms with Gasteiger partial charge in [0.2, 0.25) is 0 Å². The van der Waals surface area contributed by atoms with Gasteiger partial charge in [0.25, 0.3) is 0 Å². The molecule has 0 aliphatic heterocycles. The maximum absolute atomic E-state index is 11.4. The quantitative estimate of drug-likeness (QED) is 0.743. The van der Waals surface area contributed by atoms with Gasteiger partial charge >= 0.3 is 5.97 Å². The summed E-state index contributed by atoms with van der Waals surface area (Å²) in [6.07, 6.45) is 0. The Morgan fingerprint density at radius 2 is 2.13 bits per heavy atom. The van der Waals surface area contributed by atoms with Gasteiger partial charge in [-0.05, 0) is 0 Å². The highest BCUT2D eigenvalue weighted by atomic mass is 32.1. The Morgan fingerprint density at radius 1 is 1.53 bits per heavy atom. The van der Waals surface area contributed by atoms with Gasteiger partial charge in [0.1, 0.15) is 4.88 Å². The Hall–Kier alpha value is -1.27. The van der Waals surface area contributed by atoms with Crippen LogP contribution in [0.2, 0.25) is 0 Å². The first-order valence-corrected chi connectivity index (χ1v) is 5.21. The number of nitrogens with two attached hydrogens (primary N) is 2. The molecule has 0 unspecified atom stereocenters. The fourth-order valence-electron chi connectivity index (χ4n) is 1.27. The van der Waals surface area contributed by atoms with Gasteiger partial charge in [0, 0.05) is 26.2 Å². The van der Waals surface area contributed by atoms with E-state index in [1.54, 1.807) is 0 Å². The molecule has 15 heavy (non-hydrogen) atoms. The predicted molar refractivity (Wildman–Crippen MR) is 62.3 cm³/mol. The Balaban J connectivity index is 3.27. The molecule has 0 atom stereocenters. The van der Waals surface area contributed by atoms with Crippen molar-refractivity contribution in [3.8, 4) is 0 Å². The summed E-state index contributed by atoms with van der Waals surface area (Å²) in [7, 11) is 5.09. The van der Waals surface area contributed by atoms with E-state index in [2.05, 4.69) is 4.74 Å². The summed E-state index contributed by atoms with van der Waals surface area (Å²) < 4.78 is 4.64. The van der Waals surface area contributed by atoms with Crippen LogP contribution in [0.15, 0.2) is 0 Å². The topological polar surface area (TPSA) is 81.6 Å². The second kappa shape index (κ2) is 4.50. The fourth-order valence-corrected chi connectivity index (χ4v) is 2.36. The van der Waals surface area contributed by atoms with E-state index in [1.807, 2.05) is 19.0 Å². The third-order valence-electron chi connectivity index (χ3n) is 2.01. The number of nitrogens with zero attached hydrogens (tertiary/aromatic N) is 1. The molecular formula is C9H15N3O2S. The first-order valence-electron chi connectivity index (χ1n) is 4.39. The third-order valence-corrected chi connectivity index (χ3v) is 3.40. The molecule has 0 radical (unpaired) electrons. The summed E-state index contributed by atoms with van der Waals surface area (Å²) in [5.74, 6) is -0.416. The minimum absolute atomic E-state index is 0.312. The zero-order chi connectivity index (χ0) is 11.6.